The number of halogens is 1. The number of para-hydroxylation sites is 2. The zero-order chi connectivity index (χ0) is 37.2. The molecule has 0 aliphatic rings. The molecule has 0 bridgehead atoms. The van der Waals surface area contributed by atoms with Crippen LogP contribution in [0.1, 0.15) is 34.3 Å². The number of hydrogen-bond donors (Lipinski definition) is 1. The van der Waals surface area contributed by atoms with E-state index in [2.05, 4.69) is 9.97 Å². The topological polar surface area (TPSA) is 241 Å². The molecule has 12 nitrogen and oxygen atoms in total. The number of hydrogen-bond acceptors (Lipinski definition) is 11. The van der Waals surface area contributed by atoms with Gasteiger partial charge in [-0.3, -0.25) is 20.0 Å². The molecule has 0 aliphatic carbocycles. The Bertz CT molecular complexity index is 1620. The molecule has 0 amide bonds. The molecular weight excluding hydrogens is 747 g/mol. The van der Waals surface area contributed by atoms with Crippen molar-refractivity contribution in [2.24, 2.45) is 9.98 Å². The van der Waals surface area contributed by atoms with E-state index in [9.17, 15) is 10.2 Å². The van der Waals surface area contributed by atoms with Gasteiger partial charge in [-0.2, -0.15) is 0 Å². The Kier molecular flexibility index (Phi) is 25.4. The maximum Gasteiger partial charge on any atom is 3.00 e. The van der Waals surface area contributed by atoms with Crippen LogP contribution in [0.25, 0.3) is 0 Å². The van der Waals surface area contributed by atoms with Gasteiger partial charge in [-0.25, -0.2) is 18.6 Å². The summed E-state index contributed by atoms with van der Waals surface area (Å²) in [5.74, 6) is -0.161. The van der Waals surface area contributed by atoms with Crippen LogP contribution in [0.15, 0.2) is 180 Å². The van der Waals surface area contributed by atoms with Crippen molar-refractivity contribution in [3.63, 3.8) is 0 Å². The van der Waals surface area contributed by atoms with Gasteiger partial charge in [-0.05, 0) is 46.5 Å². The smallest absolute Gasteiger partial charge is 0.872 e. The van der Waals surface area contributed by atoms with E-state index in [1.807, 2.05) is 109 Å². The number of benzene rings is 4. The first-order chi connectivity index (χ1) is 24.7. The van der Waals surface area contributed by atoms with E-state index in [1.165, 1.54) is 12.1 Å². The minimum atomic E-state index is -4.94. The molecule has 2 atom stereocenters. The van der Waals surface area contributed by atoms with Crippen molar-refractivity contribution in [1.29, 1.82) is 0 Å². The van der Waals surface area contributed by atoms with Gasteiger partial charge in [-0.1, -0.05) is 121 Å². The van der Waals surface area contributed by atoms with E-state index < -0.39 is 10.2 Å². The minimum absolute atomic E-state index is 0. The Hall–Kier alpha value is -5.32. The third kappa shape index (κ3) is 21.0. The van der Waals surface area contributed by atoms with Crippen molar-refractivity contribution in [3.8, 4) is 11.5 Å². The van der Waals surface area contributed by atoms with Gasteiger partial charge in [0.15, 0.2) is 0 Å². The maximum absolute atomic E-state index is 12.2. The first kappa shape index (κ1) is 47.7. The first-order valence-electron chi connectivity index (χ1n) is 15.2. The number of aliphatic hydroxyl groups excluding tert-OH is 1. The second kappa shape index (κ2) is 28.3. The molecule has 6 rings (SSSR count). The summed E-state index contributed by atoms with van der Waals surface area (Å²) >= 11 is 0. The third-order valence-corrected chi connectivity index (χ3v) is 6.30. The molecule has 0 radical (unpaired) electrons. The molecule has 0 saturated carbocycles. The van der Waals surface area contributed by atoms with Crippen LogP contribution < -0.4 is 28.8 Å². The van der Waals surface area contributed by atoms with E-state index in [0.717, 1.165) is 18.2 Å². The van der Waals surface area contributed by atoms with Gasteiger partial charge in [0.05, 0.1) is 0 Å². The Morgan fingerprint density at radius 3 is 1.00 bits per heavy atom. The van der Waals surface area contributed by atoms with E-state index in [-0.39, 0.29) is 45.8 Å². The fraction of sp³-hybridized carbons (Fsp3) is 0.0769. The molecule has 4 aromatic carbocycles. The standard InChI is InChI=1S/C28H24N2O2.2C5H5N.CH4O.ClHO4.Co.H2O/c31-25-17-9-7-15-23(25)19-29-27(21-11-3-1-4-12-21)28(22-13-5-2-6-14-22)30-20-24-16-8-10-18-26(24)32;2*1-2-4-6-5-3-1;1-2;2-1(3,4)5;;/h1-20,27-28,31-32H;2*1-5H;2H,1H3;(H,2,3,4,5);;1H2/q;;;;;+3;/p-3/t27-,28-;;;;;;/m0....../s1. The number of aromatic nitrogens is 2. The fourth-order valence-corrected chi connectivity index (χ4v) is 4.12. The average Bonchev–Trinajstić information content (AvgIpc) is 3.17. The van der Waals surface area contributed by atoms with Gasteiger partial charge >= 0.3 is 16.8 Å². The summed E-state index contributed by atoms with van der Waals surface area (Å²) in [6, 6.07) is 44.0. The van der Waals surface area contributed by atoms with Crippen molar-refractivity contribution in [1.82, 2.24) is 9.97 Å². The number of rotatable bonds is 7. The SMILES string of the molecule is CO.O.[Co+3].[O-][Cl+3]([O-])([O-])[O-].[O-]c1ccccc1C=N[C@@H](c1ccccc1)[C@@H](N=Cc1ccccc1[O-])c1ccccc1.c1ccncc1.c1ccncc1. The van der Waals surface area contributed by atoms with E-state index in [1.54, 1.807) is 61.5 Å². The van der Waals surface area contributed by atoms with Crippen molar-refractivity contribution in [3.05, 3.63) is 193 Å². The molecule has 0 fully saturated rings. The average molecular weight is 785 g/mol. The second-order valence-electron chi connectivity index (χ2n) is 9.77. The van der Waals surface area contributed by atoms with Gasteiger partial charge < -0.3 is 20.8 Å². The van der Waals surface area contributed by atoms with Crippen molar-refractivity contribution in [2.45, 2.75) is 12.1 Å². The van der Waals surface area contributed by atoms with Gasteiger partial charge in [0, 0.05) is 44.3 Å². The van der Waals surface area contributed by atoms with Gasteiger partial charge in [0.1, 0.15) is 12.1 Å². The zero-order valence-corrected chi connectivity index (χ0v) is 30.2. The van der Waals surface area contributed by atoms with Crippen LogP contribution in [0.2, 0.25) is 0 Å². The van der Waals surface area contributed by atoms with Crippen LogP contribution in [0, 0.1) is 10.2 Å². The Morgan fingerprint density at radius 2 is 0.755 bits per heavy atom. The van der Waals surface area contributed by atoms with Crippen LogP contribution in [0.5, 0.6) is 11.5 Å². The molecule has 0 saturated heterocycles. The Labute approximate surface area is 321 Å². The van der Waals surface area contributed by atoms with Crippen LogP contribution in [-0.2, 0) is 16.8 Å². The Balaban J connectivity index is 0.00000105. The van der Waals surface area contributed by atoms with Crippen LogP contribution >= 0.6 is 0 Å². The Morgan fingerprint density at radius 1 is 0.491 bits per heavy atom. The number of pyridine rings is 2. The third-order valence-electron chi connectivity index (χ3n) is 6.30. The van der Waals surface area contributed by atoms with Gasteiger partial charge in [-0.15, -0.1) is 21.7 Å². The quantitative estimate of drug-likeness (QED) is 0.227. The maximum atomic E-state index is 12.2. The van der Waals surface area contributed by atoms with E-state index in [4.69, 9.17) is 33.7 Å². The molecule has 2 heterocycles. The molecule has 6 aromatic rings. The first-order valence-corrected chi connectivity index (χ1v) is 16.4. The molecule has 53 heavy (non-hydrogen) atoms. The fourth-order valence-electron chi connectivity index (χ4n) is 4.12. The summed E-state index contributed by atoms with van der Waals surface area (Å²) in [6.45, 7) is 0. The summed E-state index contributed by atoms with van der Waals surface area (Å²) in [5.41, 5.74) is 2.98. The van der Waals surface area contributed by atoms with Crippen molar-refractivity contribution >= 4 is 12.4 Å². The van der Waals surface area contributed by atoms with Crippen LogP contribution in [0.4, 0.5) is 0 Å². The predicted octanol–water partition coefficient (Wildman–Crippen LogP) is 1.04. The summed E-state index contributed by atoms with van der Waals surface area (Å²) in [4.78, 5) is 17.2. The second-order valence-corrected chi connectivity index (χ2v) is 10.5. The minimum Gasteiger partial charge on any atom is -0.872 e. The van der Waals surface area contributed by atoms with E-state index in [0.29, 0.717) is 11.1 Å². The molecule has 278 valence electrons. The van der Waals surface area contributed by atoms with Crippen LogP contribution in [-0.4, -0.2) is 40.1 Å². The molecule has 3 N–H and O–H groups in total. The normalized spacial score (nSPS) is 11.1. The van der Waals surface area contributed by atoms with Crippen molar-refractivity contribution < 1.29 is 66.5 Å². The zero-order valence-electron chi connectivity index (χ0n) is 28.4. The summed E-state index contributed by atoms with van der Waals surface area (Å²) in [6.07, 6.45) is 10.2. The van der Waals surface area contributed by atoms with Crippen LogP contribution in [0.3, 0.4) is 0 Å². The van der Waals surface area contributed by atoms with Crippen molar-refractivity contribution in [2.75, 3.05) is 7.11 Å². The summed E-state index contributed by atoms with van der Waals surface area (Å²) in [7, 11) is -3.94. The number of nitrogens with zero attached hydrogens (tertiary/aromatic N) is 4. The number of aliphatic hydroxyl groups is 1. The monoisotopic (exact) mass is 784 g/mol. The van der Waals surface area contributed by atoms with Gasteiger partial charge in [0.25, 0.3) is 0 Å². The largest absolute Gasteiger partial charge is 3.00 e. The van der Waals surface area contributed by atoms with Gasteiger partial charge in [0.2, 0.25) is 0 Å². The van der Waals surface area contributed by atoms with E-state index >= 15 is 0 Å². The predicted molar refractivity (Wildman–Crippen MR) is 186 cm³/mol. The molecule has 0 spiro atoms. The molecule has 0 unspecified atom stereocenters. The number of aliphatic imine (C=N–C) groups is 2. The molecular formula is C39H38ClCoN4O8. The summed E-state index contributed by atoms with van der Waals surface area (Å²) in [5, 5.41) is 31.4. The molecule has 2 aromatic heterocycles. The molecule has 0 aliphatic heterocycles. The molecule has 14 heteroatoms. The summed E-state index contributed by atoms with van der Waals surface area (Å²) < 4.78 is 34.0.